The molecular weight excluding hydrogens is 334 g/mol. The molecule has 7 heteroatoms. The van der Waals surface area contributed by atoms with E-state index in [1.54, 1.807) is 12.1 Å². The summed E-state index contributed by atoms with van der Waals surface area (Å²) in [5.74, 6) is -0.319. The Balaban J connectivity index is 2.04. The number of aromatic hydroxyl groups is 1. The molecular formula is C19H23N3O4. The molecule has 7 nitrogen and oxygen atoms in total. The summed E-state index contributed by atoms with van der Waals surface area (Å²) in [5, 5.41) is 15.2. The van der Waals surface area contributed by atoms with E-state index in [1.165, 1.54) is 36.6 Å². The molecule has 2 rings (SSSR count). The van der Waals surface area contributed by atoms with Crippen LogP contribution in [0.25, 0.3) is 6.08 Å². The molecule has 0 aliphatic rings. The molecule has 1 aromatic carbocycles. The summed E-state index contributed by atoms with van der Waals surface area (Å²) in [6.45, 7) is 3.83. The van der Waals surface area contributed by atoms with Crippen LogP contribution in [0.4, 0.5) is 11.4 Å². The first-order valence-electron chi connectivity index (χ1n) is 8.32. The predicted octanol–water partition coefficient (Wildman–Crippen LogP) is 2.95. The van der Waals surface area contributed by atoms with E-state index in [2.05, 4.69) is 10.6 Å². The molecule has 2 aromatic rings. The number of carbonyl (C=O) groups excluding carboxylic acids is 2. The largest absolute Gasteiger partial charge is 0.506 e. The monoisotopic (exact) mass is 357 g/mol. The Morgan fingerprint density at radius 3 is 2.73 bits per heavy atom. The summed E-state index contributed by atoms with van der Waals surface area (Å²) >= 11 is 0. The zero-order chi connectivity index (χ0) is 19.1. The second-order valence-corrected chi connectivity index (χ2v) is 5.97. The number of hydrogen-bond donors (Lipinski definition) is 4. The number of amides is 2. The molecule has 2 atom stereocenters. The van der Waals surface area contributed by atoms with Crippen molar-refractivity contribution in [1.29, 1.82) is 0 Å². The number of phenolic OH excluding ortho intramolecular Hbond substituents is 1. The van der Waals surface area contributed by atoms with Crippen molar-refractivity contribution in [2.24, 2.45) is 11.7 Å². The SMILES string of the molecule is CC[C@H](C)[C@H](N)C(=O)Nc1cc(NC(=O)C=Cc2ccco2)ccc1O. The van der Waals surface area contributed by atoms with Crippen LogP contribution in [-0.2, 0) is 9.59 Å². The lowest BCUT2D eigenvalue weighted by Gasteiger charge is -2.18. The third kappa shape index (κ3) is 5.22. The Bertz CT molecular complexity index is 784. The van der Waals surface area contributed by atoms with Crippen molar-refractivity contribution in [3.63, 3.8) is 0 Å². The van der Waals surface area contributed by atoms with Gasteiger partial charge in [-0.2, -0.15) is 0 Å². The average molecular weight is 357 g/mol. The predicted molar refractivity (Wildman–Crippen MR) is 101 cm³/mol. The number of hydrogen-bond acceptors (Lipinski definition) is 5. The first-order valence-corrected chi connectivity index (χ1v) is 8.32. The van der Waals surface area contributed by atoms with Gasteiger partial charge in [-0.3, -0.25) is 9.59 Å². The maximum atomic E-state index is 12.2. The minimum atomic E-state index is -0.686. The molecule has 5 N–H and O–H groups in total. The standard InChI is InChI=1S/C19H23N3O4/c1-3-12(2)18(20)19(25)22-15-11-13(6-8-16(15)23)21-17(24)9-7-14-5-4-10-26-14/h4-12,18,23H,3,20H2,1-2H3,(H,21,24)(H,22,25)/t12-,18-/m0/s1. The summed E-state index contributed by atoms with van der Waals surface area (Å²) in [4.78, 5) is 24.1. The van der Waals surface area contributed by atoms with Crippen molar-refractivity contribution in [1.82, 2.24) is 0 Å². The van der Waals surface area contributed by atoms with E-state index in [4.69, 9.17) is 10.2 Å². The molecule has 0 aliphatic heterocycles. The van der Waals surface area contributed by atoms with Gasteiger partial charge in [0.15, 0.2) is 0 Å². The van der Waals surface area contributed by atoms with Crippen LogP contribution >= 0.6 is 0 Å². The van der Waals surface area contributed by atoms with E-state index in [9.17, 15) is 14.7 Å². The van der Waals surface area contributed by atoms with Crippen LogP contribution < -0.4 is 16.4 Å². The van der Waals surface area contributed by atoms with E-state index in [1.807, 2.05) is 13.8 Å². The zero-order valence-electron chi connectivity index (χ0n) is 14.7. The van der Waals surface area contributed by atoms with Crippen LogP contribution in [0.15, 0.2) is 47.1 Å². The molecule has 0 radical (unpaired) electrons. The fourth-order valence-corrected chi connectivity index (χ4v) is 2.17. The van der Waals surface area contributed by atoms with Gasteiger partial charge in [0, 0.05) is 11.8 Å². The fraction of sp³-hybridized carbons (Fsp3) is 0.263. The molecule has 138 valence electrons. The minimum Gasteiger partial charge on any atom is -0.506 e. The first-order chi connectivity index (χ1) is 12.4. The highest BCUT2D eigenvalue weighted by Gasteiger charge is 2.20. The van der Waals surface area contributed by atoms with Gasteiger partial charge in [-0.05, 0) is 42.3 Å². The van der Waals surface area contributed by atoms with Gasteiger partial charge in [-0.15, -0.1) is 0 Å². The van der Waals surface area contributed by atoms with E-state index in [-0.39, 0.29) is 23.3 Å². The lowest BCUT2D eigenvalue weighted by molar-refractivity contribution is -0.118. The van der Waals surface area contributed by atoms with Crippen LogP contribution in [0, 0.1) is 5.92 Å². The van der Waals surface area contributed by atoms with Crippen LogP contribution in [0.1, 0.15) is 26.0 Å². The van der Waals surface area contributed by atoms with Gasteiger partial charge in [0.1, 0.15) is 11.5 Å². The van der Waals surface area contributed by atoms with Crippen molar-refractivity contribution in [3.8, 4) is 5.75 Å². The first kappa shape index (κ1) is 19.3. The maximum absolute atomic E-state index is 12.2. The van der Waals surface area contributed by atoms with Gasteiger partial charge >= 0.3 is 0 Å². The summed E-state index contributed by atoms with van der Waals surface area (Å²) < 4.78 is 5.10. The maximum Gasteiger partial charge on any atom is 0.248 e. The average Bonchev–Trinajstić information content (AvgIpc) is 3.15. The van der Waals surface area contributed by atoms with Crippen molar-refractivity contribution >= 4 is 29.3 Å². The fourth-order valence-electron chi connectivity index (χ4n) is 2.17. The lowest BCUT2D eigenvalue weighted by atomic mass is 9.99. The number of anilines is 2. The number of nitrogens with one attached hydrogen (secondary N) is 2. The number of phenols is 1. The van der Waals surface area contributed by atoms with Crippen LogP contribution in [-0.4, -0.2) is 23.0 Å². The van der Waals surface area contributed by atoms with Gasteiger partial charge in [-0.1, -0.05) is 20.3 Å². The summed E-state index contributed by atoms with van der Waals surface area (Å²) in [5.41, 5.74) is 6.50. The zero-order valence-corrected chi connectivity index (χ0v) is 14.7. The quantitative estimate of drug-likeness (QED) is 0.345. The van der Waals surface area contributed by atoms with Gasteiger partial charge in [0.2, 0.25) is 11.8 Å². The molecule has 0 bridgehead atoms. The van der Waals surface area contributed by atoms with Gasteiger partial charge in [-0.25, -0.2) is 0 Å². The summed E-state index contributed by atoms with van der Waals surface area (Å²) in [6, 6.07) is 7.13. The number of rotatable bonds is 7. The summed E-state index contributed by atoms with van der Waals surface area (Å²) in [7, 11) is 0. The van der Waals surface area contributed by atoms with E-state index in [0.29, 0.717) is 11.4 Å². The third-order valence-electron chi connectivity index (χ3n) is 4.02. The molecule has 0 spiro atoms. The van der Waals surface area contributed by atoms with Crippen LogP contribution in [0.3, 0.4) is 0 Å². The Hall–Kier alpha value is -3.06. The van der Waals surface area contributed by atoms with Crippen molar-refractivity contribution < 1.29 is 19.1 Å². The van der Waals surface area contributed by atoms with Crippen LogP contribution in [0.2, 0.25) is 0 Å². The minimum absolute atomic E-state index is 0.00627. The molecule has 26 heavy (non-hydrogen) atoms. The Labute approximate surface area is 151 Å². The number of nitrogens with two attached hydrogens (primary N) is 1. The molecule has 1 heterocycles. The molecule has 0 fully saturated rings. The molecule has 0 saturated heterocycles. The van der Waals surface area contributed by atoms with E-state index >= 15 is 0 Å². The molecule has 0 aliphatic carbocycles. The van der Waals surface area contributed by atoms with Gasteiger partial charge in [0.25, 0.3) is 0 Å². The number of furan rings is 1. The van der Waals surface area contributed by atoms with E-state index in [0.717, 1.165) is 6.42 Å². The second-order valence-electron chi connectivity index (χ2n) is 5.97. The smallest absolute Gasteiger partial charge is 0.248 e. The summed E-state index contributed by atoms with van der Waals surface area (Å²) in [6.07, 6.45) is 5.13. The van der Waals surface area contributed by atoms with Crippen molar-refractivity contribution in [3.05, 3.63) is 48.4 Å². The second kappa shape index (κ2) is 8.87. The topological polar surface area (TPSA) is 118 Å². The Morgan fingerprint density at radius 1 is 1.31 bits per heavy atom. The third-order valence-corrected chi connectivity index (χ3v) is 4.02. The highest BCUT2D eigenvalue weighted by molar-refractivity contribution is 6.03. The normalized spacial score (nSPS) is 13.3. The Morgan fingerprint density at radius 2 is 2.08 bits per heavy atom. The van der Waals surface area contributed by atoms with Crippen molar-refractivity contribution in [2.45, 2.75) is 26.3 Å². The highest BCUT2D eigenvalue weighted by Crippen LogP contribution is 2.27. The van der Waals surface area contributed by atoms with Crippen molar-refractivity contribution in [2.75, 3.05) is 10.6 Å². The number of carbonyl (C=O) groups is 2. The van der Waals surface area contributed by atoms with Gasteiger partial charge in [0.05, 0.1) is 18.0 Å². The van der Waals surface area contributed by atoms with Crippen LogP contribution in [0.5, 0.6) is 5.75 Å². The molecule has 2 amide bonds. The lowest BCUT2D eigenvalue weighted by Crippen LogP contribution is -2.40. The Kier molecular flexibility index (Phi) is 6.57. The molecule has 0 saturated carbocycles. The molecule has 1 aromatic heterocycles. The molecule has 0 unspecified atom stereocenters. The number of benzene rings is 1. The van der Waals surface area contributed by atoms with E-state index < -0.39 is 11.9 Å². The van der Waals surface area contributed by atoms with Gasteiger partial charge < -0.3 is 25.9 Å². The highest BCUT2D eigenvalue weighted by atomic mass is 16.3.